The number of anilines is 3. The Labute approximate surface area is 104 Å². The van der Waals surface area contributed by atoms with Crippen LogP contribution in [0.3, 0.4) is 0 Å². The van der Waals surface area contributed by atoms with Crippen LogP contribution in [0.4, 0.5) is 21.7 Å². The molecule has 0 spiro atoms. The van der Waals surface area contributed by atoms with E-state index in [1.807, 2.05) is 13.8 Å². The zero-order valence-electron chi connectivity index (χ0n) is 10.2. The Morgan fingerprint density at radius 3 is 2.56 bits per heavy atom. The van der Waals surface area contributed by atoms with E-state index < -0.39 is 0 Å². The normalized spacial score (nSPS) is 10.2. The fourth-order valence-corrected chi connectivity index (χ4v) is 1.62. The van der Waals surface area contributed by atoms with Crippen molar-refractivity contribution in [2.75, 3.05) is 10.7 Å². The second-order valence-electron chi connectivity index (χ2n) is 3.92. The molecule has 0 radical (unpaired) electrons. The molecule has 0 fully saturated rings. The first-order valence-corrected chi connectivity index (χ1v) is 5.43. The number of nitrogens with one attached hydrogen (secondary N) is 2. The maximum atomic E-state index is 13.0. The van der Waals surface area contributed by atoms with E-state index in [1.54, 1.807) is 6.07 Å². The molecule has 2 aromatic rings. The molecule has 0 aliphatic carbocycles. The van der Waals surface area contributed by atoms with Gasteiger partial charge in [0.25, 0.3) is 0 Å². The third kappa shape index (κ3) is 2.38. The molecule has 0 unspecified atom stereocenters. The molecule has 0 atom stereocenters. The van der Waals surface area contributed by atoms with Crippen molar-refractivity contribution in [2.45, 2.75) is 13.8 Å². The predicted octanol–water partition coefficient (Wildman–Crippen LogP) is 2.26. The van der Waals surface area contributed by atoms with E-state index in [1.165, 1.54) is 18.5 Å². The van der Waals surface area contributed by atoms with Crippen molar-refractivity contribution in [1.29, 1.82) is 0 Å². The molecule has 0 bridgehead atoms. The van der Waals surface area contributed by atoms with Gasteiger partial charge in [0.05, 0.1) is 0 Å². The number of hydrogen-bond donors (Lipinski definition) is 3. The van der Waals surface area contributed by atoms with Crippen LogP contribution in [0, 0.1) is 19.7 Å². The van der Waals surface area contributed by atoms with Crippen molar-refractivity contribution in [2.24, 2.45) is 5.84 Å². The number of benzene rings is 1. The minimum atomic E-state index is -0.262. The molecule has 6 heteroatoms. The van der Waals surface area contributed by atoms with Crippen LogP contribution in [-0.2, 0) is 0 Å². The largest absolute Gasteiger partial charge is 0.340 e. The molecule has 1 heterocycles. The highest BCUT2D eigenvalue weighted by Crippen LogP contribution is 2.24. The van der Waals surface area contributed by atoms with Gasteiger partial charge in [-0.15, -0.1) is 0 Å². The van der Waals surface area contributed by atoms with Gasteiger partial charge in [-0.2, -0.15) is 0 Å². The van der Waals surface area contributed by atoms with E-state index >= 15 is 0 Å². The van der Waals surface area contributed by atoms with Crippen LogP contribution in [0.5, 0.6) is 0 Å². The van der Waals surface area contributed by atoms with Gasteiger partial charge in [0.2, 0.25) is 0 Å². The summed E-state index contributed by atoms with van der Waals surface area (Å²) in [7, 11) is 0. The van der Waals surface area contributed by atoms with E-state index in [-0.39, 0.29) is 5.82 Å². The van der Waals surface area contributed by atoms with Crippen molar-refractivity contribution in [1.82, 2.24) is 9.97 Å². The Balaban J connectivity index is 2.34. The lowest BCUT2D eigenvalue weighted by molar-refractivity contribution is 0.627. The Morgan fingerprint density at radius 1 is 1.17 bits per heavy atom. The average molecular weight is 247 g/mol. The van der Waals surface area contributed by atoms with Gasteiger partial charge in [-0.05, 0) is 37.6 Å². The van der Waals surface area contributed by atoms with E-state index in [9.17, 15) is 4.39 Å². The number of hydrogen-bond acceptors (Lipinski definition) is 5. The average Bonchev–Trinajstić information content (AvgIpc) is 2.35. The number of hydrazine groups is 1. The Hall–Kier alpha value is -2.21. The van der Waals surface area contributed by atoms with Crippen molar-refractivity contribution in [3.05, 3.63) is 41.5 Å². The van der Waals surface area contributed by atoms with Gasteiger partial charge in [0.15, 0.2) is 0 Å². The minimum Gasteiger partial charge on any atom is -0.340 e. The molecule has 94 valence electrons. The van der Waals surface area contributed by atoms with Crippen LogP contribution in [0.25, 0.3) is 0 Å². The first kappa shape index (κ1) is 12.3. The second-order valence-corrected chi connectivity index (χ2v) is 3.92. The van der Waals surface area contributed by atoms with Crippen LogP contribution in [0.15, 0.2) is 24.5 Å². The summed E-state index contributed by atoms with van der Waals surface area (Å²) >= 11 is 0. The standard InChI is InChI=1S/C12H14FN5/c1-7-5-9(13)3-4-10(7)17-11-8(2)12(18-14)16-6-15-11/h3-6H,14H2,1-2H3,(H2,15,16,17,18). The number of nitrogen functional groups attached to an aromatic ring is 1. The van der Waals surface area contributed by atoms with Gasteiger partial charge in [0, 0.05) is 11.3 Å². The molecule has 4 N–H and O–H groups in total. The van der Waals surface area contributed by atoms with Crippen LogP contribution >= 0.6 is 0 Å². The fourth-order valence-electron chi connectivity index (χ4n) is 1.62. The first-order chi connectivity index (χ1) is 8.61. The van der Waals surface area contributed by atoms with Crippen LogP contribution in [0.2, 0.25) is 0 Å². The summed E-state index contributed by atoms with van der Waals surface area (Å²) in [5.41, 5.74) is 4.88. The summed E-state index contributed by atoms with van der Waals surface area (Å²) in [5, 5.41) is 3.13. The highest BCUT2D eigenvalue weighted by atomic mass is 19.1. The fraction of sp³-hybridized carbons (Fsp3) is 0.167. The second kappa shape index (κ2) is 4.97. The van der Waals surface area contributed by atoms with Crippen molar-refractivity contribution in [3.63, 3.8) is 0 Å². The molecule has 0 amide bonds. The van der Waals surface area contributed by atoms with Crippen molar-refractivity contribution < 1.29 is 4.39 Å². The zero-order valence-corrected chi connectivity index (χ0v) is 10.2. The number of nitrogens with two attached hydrogens (primary N) is 1. The molecule has 2 rings (SSSR count). The quantitative estimate of drug-likeness (QED) is 0.573. The maximum Gasteiger partial charge on any atom is 0.148 e. The number of nitrogens with zero attached hydrogens (tertiary/aromatic N) is 2. The maximum absolute atomic E-state index is 13.0. The Morgan fingerprint density at radius 2 is 1.89 bits per heavy atom. The van der Waals surface area contributed by atoms with E-state index in [0.717, 1.165) is 16.8 Å². The predicted molar refractivity (Wildman–Crippen MR) is 69.0 cm³/mol. The Bertz CT molecular complexity index is 570. The summed E-state index contributed by atoms with van der Waals surface area (Å²) in [6.45, 7) is 3.67. The summed E-state index contributed by atoms with van der Waals surface area (Å²) in [5.74, 6) is 6.26. The summed E-state index contributed by atoms with van der Waals surface area (Å²) < 4.78 is 13.0. The van der Waals surface area contributed by atoms with Gasteiger partial charge >= 0.3 is 0 Å². The lowest BCUT2D eigenvalue weighted by atomic mass is 10.2. The molecule has 0 aliphatic rings. The van der Waals surface area contributed by atoms with E-state index in [4.69, 9.17) is 5.84 Å². The molecular weight excluding hydrogens is 233 g/mol. The van der Waals surface area contributed by atoms with Crippen LogP contribution in [-0.4, -0.2) is 9.97 Å². The SMILES string of the molecule is Cc1cc(F)ccc1Nc1ncnc(NN)c1C. The molecule has 1 aromatic heterocycles. The smallest absolute Gasteiger partial charge is 0.148 e. The number of halogens is 1. The topological polar surface area (TPSA) is 75.9 Å². The van der Waals surface area contributed by atoms with E-state index in [0.29, 0.717) is 11.6 Å². The summed E-state index contributed by atoms with van der Waals surface area (Å²) in [6.07, 6.45) is 1.41. The lowest BCUT2D eigenvalue weighted by Gasteiger charge is -2.12. The zero-order chi connectivity index (χ0) is 13.1. The van der Waals surface area contributed by atoms with Crippen LogP contribution in [0.1, 0.15) is 11.1 Å². The van der Waals surface area contributed by atoms with E-state index in [2.05, 4.69) is 20.7 Å². The van der Waals surface area contributed by atoms with Gasteiger partial charge in [-0.25, -0.2) is 20.2 Å². The van der Waals surface area contributed by atoms with Gasteiger partial charge in [-0.3, -0.25) is 0 Å². The molecular formula is C12H14FN5. The monoisotopic (exact) mass is 247 g/mol. The molecule has 0 saturated heterocycles. The minimum absolute atomic E-state index is 0.262. The highest BCUT2D eigenvalue weighted by Gasteiger charge is 2.07. The van der Waals surface area contributed by atoms with Gasteiger partial charge in [-0.1, -0.05) is 0 Å². The lowest BCUT2D eigenvalue weighted by Crippen LogP contribution is -2.11. The molecule has 1 aromatic carbocycles. The van der Waals surface area contributed by atoms with Gasteiger partial charge < -0.3 is 10.7 Å². The number of aromatic nitrogens is 2. The summed E-state index contributed by atoms with van der Waals surface area (Å²) in [6, 6.07) is 4.52. The third-order valence-electron chi connectivity index (χ3n) is 2.66. The van der Waals surface area contributed by atoms with Crippen molar-refractivity contribution >= 4 is 17.3 Å². The third-order valence-corrected chi connectivity index (χ3v) is 2.66. The molecule has 0 saturated carbocycles. The molecule has 18 heavy (non-hydrogen) atoms. The van der Waals surface area contributed by atoms with Crippen molar-refractivity contribution in [3.8, 4) is 0 Å². The number of aryl methyl sites for hydroxylation is 1. The molecule has 0 aliphatic heterocycles. The first-order valence-electron chi connectivity index (χ1n) is 5.43. The van der Waals surface area contributed by atoms with Gasteiger partial charge in [0.1, 0.15) is 23.8 Å². The Kier molecular flexibility index (Phi) is 3.38. The summed E-state index contributed by atoms with van der Waals surface area (Å²) in [4.78, 5) is 8.12. The number of rotatable bonds is 3. The highest BCUT2D eigenvalue weighted by molar-refractivity contribution is 5.66. The molecule has 5 nitrogen and oxygen atoms in total. The van der Waals surface area contributed by atoms with Crippen LogP contribution < -0.4 is 16.6 Å².